The van der Waals surface area contributed by atoms with Crippen molar-refractivity contribution in [2.75, 3.05) is 24.6 Å². The Balaban J connectivity index is 1.19. The Hall–Kier alpha value is -3.84. The van der Waals surface area contributed by atoms with E-state index in [1.807, 2.05) is 12.1 Å². The van der Waals surface area contributed by atoms with Crippen LogP contribution in [-0.4, -0.2) is 53.6 Å². The number of amides is 3. The maximum absolute atomic E-state index is 12.8. The molecule has 3 heterocycles. The first kappa shape index (κ1) is 25.8. The van der Waals surface area contributed by atoms with Crippen molar-refractivity contribution in [2.24, 2.45) is 4.58 Å². The zero-order chi connectivity index (χ0) is 26.6. The first-order valence-electron chi connectivity index (χ1n) is 12.7. The SMILES string of the molecule is Cc1ccc(C#CCOc2ccc3c(c2)CN(C2CCC(=O)NC2=O)C3=O)cc1N1CCC(SN=O)CC1. The fourth-order valence-corrected chi connectivity index (χ4v) is 5.73. The van der Waals surface area contributed by atoms with E-state index in [1.165, 1.54) is 10.5 Å². The standard InChI is InChI=1S/C28H28N4O5S/c1-18-4-5-19(15-25(18)31-12-10-22(11-13-31)38-30-36)3-2-14-37-21-6-7-23-20(16-21)17-32(28(23)35)24-8-9-26(33)29-27(24)34/h4-7,15-16,22,24H,8-14,17H2,1H3,(H,29,33,34). The van der Waals surface area contributed by atoms with Gasteiger partial charge in [-0.2, -0.15) is 0 Å². The van der Waals surface area contributed by atoms with E-state index in [-0.39, 0.29) is 24.8 Å². The number of ether oxygens (including phenoxy) is 1. The molecule has 2 aromatic carbocycles. The van der Waals surface area contributed by atoms with Gasteiger partial charge in [0.05, 0.1) is 0 Å². The zero-order valence-corrected chi connectivity index (χ0v) is 21.9. The number of imide groups is 1. The van der Waals surface area contributed by atoms with Crippen LogP contribution in [0.5, 0.6) is 5.75 Å². The second-order valence-corrected chi connectivity index (χ2v) is 10.7. The maximum atomic E-state index is 12.8. The van der Waals surface area contributed by atoms with Crippen LogP contribution in [0.3, 0.4) is 0 Å². The minimum Gasteiger partial charge on any atom is -0.481 e. The summed E-state index contributed by atoms with van der Waals surface area (Å²) in [7, 11) is 0. The van der Waals surface area contributed by atoms with Gasteiger partial charge < -0.3 is 14.5 Å². The van der Waals surface area contributed by atoms with Crippen LogP contribution >= 0.6 is 11.9 Å². The molecular formula is C28H28N4O5S. The van der Waals surface area contributed by atoms with Gasteiger partial charge in [0, 0.05) is 64.6 Å². The van der Waals surface area contributed by atoms with Crippen LogP contribution in [0.25, 0.3) is 0 Å². The van der Waals surface area contributed by atoms with E-state index in [1.54, 1.807) is 12.1 Å². The third-order valence-corrected chi connectivity index (χ3v) is 8.08. The molecule has 0 saturated carbocycles. The molecule has 196 valence electrons. The Morgan fingerprint density at radius 3 is 2.68 bits per heavy atom. The molecule has 0 aromatic heterocycles. The van der Waals surface area contributed by atoms with Crippen LogP contribution in [-0.2, 0) is 16.1 Å². The van der Waals surface area contributed by atoms with Gasteiger partial charge in [-0.1, -0.05) is 17.9 Å². The van der Waals surface area contributed by atoms with E-state index in [9.17, 15) is 19.3 Å². The topological polar surface area (TPSA) is 108 Å². The van der Waals surface area contributed by atoms with Gasteiger partial charge in [-0.15, -0.1) is 4.91 Å². The minimum atomic E-state index is -0.638. The molecule has 2 aromatic rings. The summed E-state index contributed by atoms with van der Waals surface area (Å²) in [4.78, 5) is 50.9. The highest BCUT2D eigenvalue weighted by Gasteiger charge is 2.39. The number of nitrogens with zero attached hydrogens (tertiary/aromatic N) is 3. The van der Waals surface area contributed by atoms with Crippen LogP contribution in [0.15, 0.2) is 41.0 Å². The number of piperidine rings is 2. The molecule has 0 radical (unpaired) electrons. The monoisotopic (exact) mass is 532 g/mol. The quantitative estimate of drug-likeness (QED) is 0.262. The van der Waals surface area contributed by atoms with Crippen LogP contribution in [0.1, 0.15) is 52.7 Å². The zero-order valence-electron chi connectivity index (χ0n) is 21.1. The van der Waals surface area contributed by atoms with Gasteiger partial charge in [0.2, 0.25) is 11.8 Å². The van der Waals surface area contributed by atoms with Crippen LogP contribution in [0, 0.1) is 23.7 Å². The van der Waals surface area contributed by atoms with Crippen LogP contribution in [0.2, 0.25) is 0 Å². The average Bonchev–Trinajstić information content (AvgIpc) is 3.23. The Kier molecular flexibility index (Phi) is 7.65. The number of hydrogen-bond donors (Lipinski definition) is 1. The van der Waals surface area contributed by atoms with Crippen molar-refractivity contribution in [3.8, 4) is 17.6 Å². The molecule has 9 nitrogen and oxygen atoms in total. The van der Waals surface area contributed by atoms with Crippen molar-refractivity contribution < 1.29 is 19.1 Å². The van der Waals surface area contributed by atoms with Gasteiger partial charge in [0.15, 0.2) is 0 Å². The van der Waals surface area contributed by atoms with Crippen molar-refractivity contribution in [1.82, 2.24) is 10.2 Å². The third-order valence-electron chi connectivity index (χ3n) is 7.22. The highest BCUT2D eigenvalue weighted by atomic mass is 32.2. The van der Waals surface area contributed by atoms with Crippen molar-refractivity contribution >= 4 is 35.4 Å². The van der Waals surface area contributed by atoms with Gasteiger partial charge in [-0.3, -0.25) is 19.7 Å². The number of anilines is 1. The molecule has 5 rings (SSSR count). The number of hydrogen-bond acceptors (Lipinski definition) is 8. The highest BCUT2D eigenvalue weighted by Crippen LogP contribution is 2.31. The summed E-state index contributed by atoms with van der Waals surface area (Å²) in [5.74, 6) is 5.91. The predicted molar refractivity (Wildman–Crippen MR) is 145 cm³/mol. The lowest BCUT2D eigenvalue weighted by atomic mass is 10.0. The lowest BCUT2D eigenvalue weighted by Gasteiger charge is -2.33. The number of nitroso groups, excluding NO2 is 1. The smallest absolute Gasteiger partial charge is 0.255 e. The summed E-state index contributed by atoms with van der Waals surface area (Å²) in [5, 5.41) is 2.61. The molecule has 1 N–H and O–H groups in total. The molecule has 0 bridgehead atoms. The van der Waals surface area contributed by atoms with Crippen LogP contribution < -0.4 is 15.0 Å². The number of aryl methyl sites for hydroxylation is 1. The number of benzene rings is 2. The summed E-state index contributed by atoms with van der Waals surface area (Å²) >= 11 is 1.14. The minimum absolute atomic E-state index is 0.189. The summed E-state index contributed by atoms with van der Waals surface area (Å²) in [6, 6.07) is 10.8. The molecule has 2 saturated heterocycles. The van der Waals surface area contributed by atoms with Gasteiger partial charge in [-0.25, -0.2) is 0 Å². The summed E-state index contributed by atoms with van der Waals surface area (Å²) in [6.45, 7) is 4.35. The fourth-order valence-electron chi connectivity index (χ4n) is 5.19. The highest BCUT2D eigenvalue weighted by molar-refractivity contribution is 7.98. The molecule has 3 amide bonds. The maximum Gasteiger partial charge on any atom is 0.255 e. The molecule has 0 aliphatic carbocycles. The van der Waals surface area contributed by atoms with Crippen molar-refractivity contribution in [3.05, 3.63) is 63.6 Å². The molecule has 2 fully saturated rings. The number of fused-ring (bicyclic) bond motifs is 1. The molecule has 1 atom stereocenters. The van der Waals surface area contributed by atoms with E-state index >= 15 is 0 Å². The summed E-state index contributed by atoms with van der Waals surface area (Å²) in [6.07, 6.45) is 2.41. The Bertz CT molecular complexity index is 1340. The molecule has 0 spiro atoms. The van der Waals surface area contributed by atoms with Crippen molar-refractivity contribution in [1.29, 1.82) is 0 Å². The summed E-state index contributed by atoms with van der Waals surface area (Å²) < 4.78 is 8.81. The van der Waals surface area contributed by atoms with Crippen LogP contribution in [0.4, 0.5) is 5.69 Å². The number of nitrogens with one attached hydrogen (secondary N) is 1. The Labute approximate surface area is 225 Å². The number of carbonyl (C=O) groups is 3. The molecular weight excluding hydrogens is 504 g/mol. The molecule has 38 heavy (non-hydrogen) atoms. The molecule has 10 heteroatoms. The molecule has 3 aliphatic rings. The fraction of sp³-hybridized carbons (Fsp3) is 0.393. The van der Waals surface area contributed by atoms with Gasteiger partial charge in [0.1, 0.15) is 18.4 Å². The number of rotatable bonds is 6. The lowest BCUT2D eigenvalue weighted by Crippen LogP contribution is -2.52. The van der Waals surface area contributed by atoms with Crippen molar-refractivity contribution in [3.63, 3.8) is 0 Å². The molecule has 3 aliphatic heterocycles. The van der Waals surface area contributed by atoms with E-state index in [0.717, 1.165) is 54.7 Å². The number of carbonyl (C=O) groups excluding carboxylic acids is 3. The van der Waals surface area contributed by atoms with E-state index in [0.29, 0.717) is 29.5 Å². The first-order valence-corrected chi connectivity index (χ1v) is 13.5. The second kappa shape index (κ2) is 11.3. The van der Waals surface area contributed by atoms with Gasteiger partial charge in [0.25, 0.3) is 5.91 Å². The average molecular weight is 533 g/mol. The van der Waals surface area contributed by atoms with Gasteiger partial charge >= 0.3 is 0 Å². The van der Waals surface area contributed by atoms with E-state index in [2.05, 4.69) is 45.7 Å². The predicted octanol–water partition coefficient (Wildman–Crippen LogP) is 3.57. The second-order valence-electron chi connectivity index (χ2n) is 9.68. The van der Waals surface area contributed by atoms with Gasteiger partial charge in [-0.05, 0) is 67.6 Å². The summed E-state index contributed by atoms with van der Waals surface area (Å²) in [5.41, 5.74) is 4.58. The largest absolute Gasteiger partial charge is 0.481 e. The van der Waals surface area contributed by atoms with Crippen molar-refractivity contribution in [2.45, 2.75) is 50.4 Å². The first-order chi connectivity index (χ1) is 18.4. The Morgan fingerprint density at radius 2 is 1.92 bits per heavy atom. The lowest BCUT2D eigenvalue weighted by molar-refractivity contribution is -0.136. The normalized spacial score (nSPS) is 19.5. The van der Waals surface area contributed by atoms with E-state index < -0.39 is 11.9 Å². The Morgan fingerprint density at radius 1 is 1.11 bits per heavy atom. The van der Waals surface area contributed by atoms with E-state index in [4.69, 9.17) is 4.74 Å². The third kappa shape index (κ3) is 5.53. The molecule has 1 unspecified atom stereocenters.